The quantitative estimate of drug-likeness (QED) is 0.301. The summed E-state index contributed by atoms with van der Waals surface area (Å²) >= 11 is 0. The van der Waals surface area contributed by atoms with Crippen LogP contribution < -0.4 is 20.7 Å². The van der Waals surface area contributed by atoms with Crippen LogP contribution in [0.2, 0.25) is 0 Å². The zero-order chi connectivity index (χ0) is 28.6. The second-order valence-corrected chi connectivity index (χ2v) is 10.1. The molecule has 0 aliphatic carbocycles. The number of aliphatic hydroxyl groups is 1. The molecule has 2 saturated heterocycles. The third-order valence-corrected chi connectivity index (χ3v) is 7.84. The van der Waals surface area contributed by atoms with E-state index in [9.17, 15) is 14.7 Å². The van der Waals surface area contributed by atoms with Gasteiger partial charge >= 0.3 is 5.69 Å². The Morgan fingerprint density at radius 2 is 1.49 bits per heavy atom. The number of rotatable bonds is 9. The van der Waals surface area contributed by atoms with Crippen LogP contribution in [0.3, 0.4) is 0 Å². The third kappa shape index (κ3) is 4.54. The Morgan fingerprint density at radius 3 is 2.05 bits per heavy atom. The topological polar surface area (TPSA) is 121 Å². The van der Waals surface area contributed by atoms with E-state index in [0.717, 1.165) is 16.7 Å². The second kappa shape index (κ2) is 10.6. The molecule has 2 fully saturated rings. The molecule has 2 bridgehead atoms. The zero-order valence-electron chi connectivity index (χ0n) is 22.6. The molecule has 3 aromatic carbocycles. The van der Waals surface area contributed by atoms with Gasteiger partial charge in [-0.3, -0.25) is 14.3 Å². The predicted octanol–water partition coefficient (Wildman–Crippen LogP) is 2.59. The smallest absolute Gasteiger partial charge is 0.330 e. The molecule has 0 saturated carbocycles. The Kier molecular flexibility index (Phi) is 7.00. The van der Waals surface area contributed by atoms with Crippen molar-refractivity contribution in [2.75, 3.05) is 27.4 Å². The molecule has 0 unspecified atom stereocenters. The lowest BCUT2D eigenvalue weighted by atomic mass is 9.79. The average Bonchev–Trinajstić information content (AvgIpc) is 3.47. The first-order chi connectivity index (χ1) is 19.9. The van der Waals surface area contributed by atoms with Gasteiger partial charge < -0.3 is 28.8 Å². The minimum absolute atomic E-state index is 0.0591. The molecule has 1 aromatic heterocycles. The Bertz CT molecular complexity index is 1570. The molecule has 6 rings (SSSR count). The number of ether oxygens (including phenoxy) is 5. The van der Waals surface area contributed by atoms with Crippen LogP contribution in [-0.2, 0) is 19.8 Å². The molecule has 2 aliphatic heterocycles. The van der Waals surface area contributed by atoms with Crippen molar-refractivity contribution in [1.29, 1.82) is 0 Å². The van der Waals surface area contributed by atoms with E-state index < -0.39 is 40.9 Å². The van der Waals surface area contributed by atoms with Crippen LogP contribution in [0, 0.1) is 0 Å². The first-order valence-corrected chi connectivity index (χ1v) is 13.2. The van der Waals surface area contributed by atoms with Gasteiger partial charge in [0.15, 0.2) is 6.23 Å². The van der Waals surface area contributed by atoms with Gasteiger partial charge in [0.05, 0.1) is 27.4 Å². The van der Waals surface area contributed by atoms with E-state index >= 15 is 0 Å². The van der Waals surface area contributed by atoms with Gasteiger partial charge in [0.25, 0.3) is 5.56 Å². The number of nitrogens with one attached hydrogen (secondary N) is 1. The van der Waals surface area contributed by atoms with E-state index in [1.165, 1.54) is 16.8 Å². The van der Waals surface area contributed by atoms with Gasteiger partial charge in [-0.05, 0) is 41.0 Å². The number of H-pyrrole nitrogens is 1. The number of nitrogens with zero attached hydrogens (tertiary/aromatic N) is 1. The van der Waals surface area contributed by atoms with Gasteiger partial charge in [0.2, 0.25) is 0 Å². The van der Waals surface area contributed by atoms with Crippen LogP contribution in [0.1, 0.15) is 22.9 Å². The number of aromatic nitrogens is 2. The summed E-state index contributed by atoms with van der Waals surface area (Å²) in [6, 6.07) is 26.2. The molecule has 10 heteroatoms. The molecule has 4 atom stereocenters. The van der Waals surface area contributed by atoms with Crippen molar-refractivity contribution >= 4 is 0 Å². The van der Waals surface area contributed by atoms with Crippen LogP contribution in [0.4, 0.5) is 0 Å². The van der Waals surface area contributed by atoms with Gasteiger partial charge in [-0.1, -0.05) is 54.6 Å². The van der Waals surface area contributed by atoms with Crippen molar-refractivity contribution in [2.24, 2.45) is 0 Å². The Labute approximate surface area is 235 Å². The van der Waals surface area contributed by atoms with E-state index in [2.05, 4.69) is 4.98 Å². The largest absolute Gasteiger partial charge is 0.497 e. The van der Waals surface area contributed by atoms with Crippen molar-refractivity contribution in [1.82, 2.24) is 9.55 Å². The fourth-order valence-corrected chi connectivity index (χ4v) is 5.67. The Hall–Kier alpha value is -4.22. The van der Waals surface area contributed by atoms with E-state index in [-0.39, 0.29) is 13.2 Å². The average molecular weight is 559 g/mol. The number of methoxy groups -OCH3 is 2. The molecule has 0 spiro atoms. The standard InChI is InChI=1S/C31H30N2O8/c1-37-23-12-8-21(9-13-23)31(20-6-4-3-5-7-20,22-10-14-24(38-2)15-11-22)40-19-30-18-39-26(27(30)35)28(41-30)33-17-16-25(34)32-29(33)36/h3-17,26-28,35H,18-19H2,1-2H3,(H,32,34,36)/t26-,27+,28-,30-/m1/s1. The zero-order valence-corrected chi connectivity index (χ0v) is 22.6. The lowest BCUT2D eigenvalue weighted by Gasteiger charge is -2.39. The molecule has 2 aliphatic rings. The number of benzene rings is 3. The van der Waals surface area contributed by atoms with Crippen LogP contribution in [0.25, 0.3) is 0 Å². The number of aromatic amines is 1. The molecular weight excluding hydrogens is 528 g/mol. The third-order valence-electron chi connectivity index (χ3n) is 7.84. The van der Waals surface area contributed by atoms with E-state index in [0.29, 0.717) is 11.5 Å². The Balaban J connectivity index is 1.44. The summed E-state index contributed by atoms with van der Waals surface area (Å²) in [5.74, 6) is 1.39. The first-order valence-electron chi connectivity index (χ1n) is 13.2. The van der Waals surface area contributed by atoms with Crippen molar-refractivity contribution in [3.63, 3.8) is 0 Å². The first kappa shape index (κ1) is 27.0. The number of hydrogen-bond donors (Lipinski definition) is 2. The number of hydrogen-bond acceptors (Lipinski definition) is 8. The van der Waals surface area contributed by atoms with Gasteiger partial charge in [-0.2, -0.15) is 0 Å². The van der Waals surface area contributed by atoms with Crippen molar-refractivity contribution in [3.8, 4) is 11.5 Å². The van der Waals surface area contributed by atoms with Crippen LogP contribution in [-0.4, -0.2) is 59.9 Å². The summed E-state index contributed by atoms with van der Waals surface area (Å²) in [6.45, 7) is -0.0181. The Morgan fingerprint density at radius 1 is 0.902 bits per heavy atom. The van der Waals surface area contributed by atoms with Gasteiger partial charge in [-0.25, -0.2) is 4.79 Å². The van der Waals surface area contributed by atoms with E-state index in [4.69, 9.17) is 23.7 Å². The van der Waals surface area contributed by atoms with Crippen molar-refractivity contribution < 1.29 is 28.8 Å². The lowest BCUT2D eigenvalue weighted by molar-refractivity contribution is -0.204. The fraction of sp³-hybridized carbons (Fsp3) is 0.290. The van der Waals surface area contributed by atoms with Gasteiger partial charge in [0.1, 0.15) is 34.9 Å². The van der Waals surface area contributed by atoms with Crippen LogP contribution in [0.5, 0.6) is 11.5 Å². The summed E-state index contributed by atoms with van der Waals surface area (Å²) in [4.78, 5) is 26.4. The molecule has 2 N–H and O–H groups in total. The highest BCUT2D eigenvalue weighted by Crippen LogP contribution is 2.48. The van der Waals surface area contributed by atoms with Crippen molar-refractivity contribution in [3.05, 3.63) is 129 Å². The summed E-state index contributed by atoms with van der Waals surface area (Å²) in [6.07, 6.45) is -1.53. The molecule has 41 heavy (non-hydrogen) atoms. The molecule has 212 valence electrons. The summed E-state index contributed by atoms with van der Waals surface area (Å²) in [7, 11) is 3.22. The summed E-state index contributed by atoms with van der Waals surface area (Å²) in [5.41, 5.74) is -1.10. The fourth-order valence-electron chi connectivity index (χ4n) is 5.67. The highest BCUT2D eigenvalue weighted by Gasteiger charge is 2.63. The number of aliphatic hydroxyl groups excluding tert-OH is 1. The molecule has 3 heterocycles. The summed E-state index contributed by atoms with van der Waals surface area (Å²) in [5, 5.41) is 11.4. The predicted molar refractivity (Wildman–Crippen MR) is 148 cm³/mol. The SMILES string of the molecule is COc1ccc(C(OC[C@@]23CO[C@@H]([C@H](n4ccc(=O)[nH]c4=O)O2)[C@@H]3O)(c2ccccc2)c2ccc(OC)cc2)cc1. The second-order valence-electron chi connectivity index (χ2n) is 10.1. The molecular formula is C31H30N2O8. The highest BCUT2D eigenvalue weighted by molar-refractivity contribution is 5.49. The van der Waals surface area contributed by atoms with Crippen molar-refractivity contribution in [2.45, 2.75) is 29.6 Å². The maximum absolute atomic E-state index is 12.5. The van der Waals surface area contributed by atoms with E-state index in [1.807, 2.05) is 78.9 Å². The summed E-state index contributed by atoms with van der Waals surface area (Å²) < 4.78 is 31.3. The molecule has 4 aromatic rings. The number of fused-ring (bicyclic) bond motifs is 2. The maximum Gasteiger partial charge on any atom is 0.330 e. The lowest BCUT2D eigenvalue weighted by Crippen LogP contribution is -2.48. The van der Waals surface area contributed by atoms with Gasteiger partial charge in [0, 0.05) is 12.3 Å². The molecule has 10 nitrogen and oxygen atoms in total. The minimum atomic E-state index is -1.27. The van der Waals surface area contributed by atoms with Gasteiger partial charge in [-0.15, -0.1) is 0 Å². The monoisotopic (exact) mass is 558 g/mol. The maximum atomic E-state index is 12.5. The minimum Gasteiger partial charge on any atom is -0.497 e. The van der Waals surface area contributed by atoms with Crippen LogP contribution >= 0.6 is 0 Å². The van der Waals surface area contributed by atoms with Crippen LogP contribution in [0.15, 0.2) is 101 Å². The molecule has 0 radical (unpaired) electrons. The normalized spacial score (nSPS) is 23.4. The highest BCUT2D eigenvalue weighted by atomic mass is 16.7. The molecule has 0 amide bonds. The van der Waals surface area contributed by atoms with E-state index in [1.54, 1.807) is 14.2 Å².